The SMILES string of the molecule is CNCc1ccc(OCCN(C)C2CCCCCC2)cc1. The summed E-state index contributed by atoms with van der Waals surface area (Å²) in [5.74, 6) is 0.976. The lowest BCUT2D eigenvalue weighted by Crippen LogP contribution is -2.34. The van der Waals surface area contributed by atoms with E-state index in [2.05, 4.69) is 41.5 Å². The number of hydrogen-bond acceptors (Lipinski definition) is 3. The fourth-order valence-corrected chi connectivity index (χ4v) is 3.10. The molecule has 2 rings (SSSR count). The van der Waals surface area contributed by atoms with Gasteiger partial charge in [0, 0.05) is 19.1 Å². The zero-order valence-corrected chi connectivity index (χ0v) is 13.6. The van der Waals surface area contributed by atoms with Gasteiger partial charge in [-0.15, -0.1) is 0 Å². The Morgan fingerprint density at radius 1 is 1.10 bits per heavy atom. The van der Waals surface area contributed by atoms with Crippen LogP contribution in [0.5, 0.6) is 5.75 Å². The summed E-state index contributed by atoms with van der Waals surface area (Å²) in [4.78, 5) is 2.49. The molecule has 3 heteroatoms. The van der Waals surface area contributed by atoms with E-state index in [1.165, 1.54) is 44.1 Å². The molecule has 1 saturated carbocycles. The van der Waals surface area contributed by atoms with Gasteiger partial charge < -0.3 is 15.0 Å². The van der Waals surface area contributed by atoms with Gasteiger partial charge in [0.05, 0.1) is 0 Å². The van der Waals surface area contributed by atoms with Gasteiger partial charge in [0.1, 0.15) is 12.4 Å². The van der Waals surface area contributed by atoms with Crippen molar-refractivity contribution in [2.75, 3.05) is 27.2 Å². The van der Waals surface area contributed by atoms with Crippen LogP contribution in [0.1, 0.15) is 44.1 Å². The molecule has 0 aromatic heterocycles. The van der Waals surface area contributed by atoms with Crippen LogP contribution in [0.25, 0.3) is 0 Å². The third-order valence-corrected chi connectivity index (χ3v) is 4.47. The van der Waals surface area contributed by atoms with Crippen molar-refractivity contribution in [3.8, 4) is 5.75 Å². The Morgan fingerprint density at radius 2 is 1.76 bits per heavy atom. The topological polar surface area (TPSA) is 24.5 Å². The van der Waals surface area contributed by atoms with Gasteiger partial charge >= 0.3 is 0 Å². The van der Waals surface area contributed by atoms with Gasteiger partial charge in [-0.3, -0.25) is 0 Å². The molecule has 1 aliphatic carbocycles. The third-order valence-electron chi connectivity index (χ3n) is 4.47. The van der Waals surface area contributed by atoms with Crippen LogP contribution < -0.4 is 10.1 Å². The van der Waals surface area contributed by atoms with Crippen molar-refractivity contribution < 1.29 is 4.74 Å². The molecule has 1 aromatic carbocycles. The monoisotopic (exact) mass is 290 g/mol. The molecule has 21 heavy (non-hydrogen) atoms. The van der Waals surface area contributed by atoms with E-state index in [1.807, 2.05) is 7.05 Å². The Kier molecular flexibility index (Phi) is 7.04. The predicted octanol–water partition coefficient (Wildman–Crippen LogP) is 3.44. The Labute approximate surface area is 129 Å². The normalized spacial score (nSPS) is 16.9. The molecule has 1 fully saturated rings. The lowest BCUT2D eigenvalue weighted by Gasteiger charge is -2.26. The van der Waals surface area contributed by atoms with Crippen molar-refractivity contribution in [2.45, 2.75) is 51.1 Å². The highest BCUT2D eigenvalue weighted by atomic mass is 16.5. The van der Waals surface area contributed by atoms with E-state index in [0.29, 0.717) is 0 Å². The lowest BCUT2D eigenvalue weighted by molar-refractivity contribution is 0.178. The first kappa shape index (κ1) is 16.3. The highest BCUT2D eigenvalue weighted by Crippen LogP contribution is 2.21. The first-order chi connectivity index (χ1) is 10.3. The number of hydrogen-bond donors (Lipinski definition) is 1. The van der Waals surface area contributed by atoms with Gasteiger partial charge in [-0.25, -0.2) is 0 Å². The zero-order valence-electron chi connectivity index (χ0n) is 13.6. The molecule has 0 bridgehead atoms. The minimum absolute atomic E-state index is 0.758. The van der Waals surface area contributed by atoms with Crippen LogP contribution in [-0.4, -0.2) is 38.2 Å². The van der Waals surface area contributed by atoms with Crippen LogP contribution in [0.4, 0.5) is 0 Å². The Bertz CT molecular complexity index is 383. The van der Waals surface area contributed by atoms with Crippen molar-refractivity contribution in [3.63, 3.8) is 0 Å². The standard InChI is InChI=1S/C18H30N2O/c1-19-15-16-9-11-18(12-10-16)21-14-13-20(2)17-7-5-3-4-6-8-17/h9-12,17,19H,3-8,13-15H2,1-2H3. The molecule has 0 spiro atoms. The maximum atomic E-state index is 5.87. The number of ether oxygens (including phenoxy) is 1. The maximum absolute atomic E-state index is 5.87. The third kappa shape index (κ3) is 5.68. The van der Waals surface area contributed by atoms with E-state index >= 15 is 0 Å². The smallest absolute Gasteiger partial charge is 0.119 e. The fraction of sp³-hybridized carbons (Fsp3) is 0.667. The summed E-state index contributed by atoms with van der Waals surface area (Å²) in [5.41, 5.74) is 1.29. The molecular weight excluding hydrogens is 260 g/mol. The van der Waals surface area contributed by atoms with E-state index in [0.717, 1.165) is 31.5 Å². The zero-order chi connectivity index (χ0) is 14.9. The predicted molar refractivity (Wildman–Crippen MR) is 88.8 cm³/mol. The second kappa shape index (κ2) is 9.06. The molecule has 0 amide bonds. The minimum atomic E-state index is 0.758. The molecular formula is C18H30N2O. The Morgan fingerprint density at radius 3 is 2.38 bits per heavy atom. The van der Waals surface area contributed by atoms with Gasteiger partial charge in [0.15, 0.2) is 0 Å². The molecule has 0 radical (unpaired) electrons. The average Bonchev–Trinajstić information content (AvgIpc) is 2.78. The van der Waals surface area contributed by atoms with Gasteiger partial charge in [0.25, 0.3) is 0 Å². The van der Waals surface area contributed by atoms with Crippen LogP contribution in [0, 0.1) is 0 Å². The van der Waals surface area contributed by atoms with Crippen molar-refractivity contribution in [1.29, 1.82) is 0 Å². The summed E-state index contributed by atoms with van der Waals surface area (Å²) in [6, 6.07) is 9.15. The highest BCUT2D eigenvalue weighted by Gasteiger charge is 2.16. The van der Waals surface area contributed by atoms with Crippen molar-refractivity contribution in [1.82, 2.24) is 10.2 Å². The number of nitrogens with zero attached hydrogens (tertiary/aromatic N) is 1. The number of nitrogens with one attached hydrogen (secondary N) is 1. The lowest BCUT2D eigenvalue weighted by atomic mass is 10.1. The van der Waals surface area contributed by atoms with Crippen LogP contribution >= 0.6 is 0 Å². The van der Waals surface area contributed by atoms with Gasteiger partial charge in [0.2, 0.25) is 0 Å². The summed E-state index contributed by atoms with van der Waals surface area (Å²) in [5, 5.41) is 3.16. The summed E-state index contributed by atoms with van der Waals surface area (Å²) < 4.78 is 5.87. The Hall–Kier alpha value is -1.06. The molecule has 1 N–H and O–H groups in total. The average molecular weight is 290 g/mol. The van der Waals surface area contributed by atoms with Crippen LogP contribution in [0.3, 0.4) is 0 Å². The number of rotatable bonds is 7. The van der Waals surface area contributed by atoms with Gasteiger partial charge in [-0.05, 0) is 44.6 Å². The van der Waals surface area contributed by atoms with Gasteiger partial charge in [-0.2, -0.15) is 0 Å². The molecule has 1 aromatic rings. The van der Waals surface area contributed by atoms with Crippen molar-refractivity contribution >= 4 is 0 Å². The molecule has 0 heterocycles. The van der Waals surface area contributed by atoms with E-state index in [4.69, 9.17) is 4.74 Å². The van der Waals surface area contributed by atoms with E-state index in [-0.39, 0.29) is 0 Å². The summed E-state index contributed by atoms with van der Waals surface area (Å²) in [7, 11) is 4.21. The Balaban J connectivity index is 1.70. The van der Waals surface area contributed by atoms with Crippen LogP contribution in [0.15, 0.2) is 24.3 Å². The first-order valence-electron chi connectivity index (χ1n) is 8.36. The minimum Gasteiger partial charge on any atom is -0.492 e. The second-order valence-corrected chi connectivity index (χ2v) is 6.15. The van der Waals surface area contributed by atoms with E-state index in [9.17, 15) is 0 Å². The molecule has 118 valence electrons. The number of likely N-dealkylation sites (N-methyl/N-ethyl adjacent to an activating group) is 1. The summed E-state index contributed by atoms with van der Waals surface area (Å²) in [6.45, 7) is 2.70. The largest absolute Gasteiger partial charge is 0.492 e. The summed E-state index contributed by atoms with van der Waals surface area (Å²) >= 11 is 0. The van der Waals surface area contributed by atoms with Gasteiger partial charge in [-0.1, -0.05) is 37.8 Å². The molecule has 1 aliphatic rings. The molecule has 0 saturated heterocycles. The first-order valence-corrected chi connectivity index (χ1v) is 8.36. The van der Waals surface area contributed by atoms with Crippen molar-refractivity contribution in [2.24, 2.45) is 0 Å². The molecule has 0 atom stereocenters. The fourth-order valence-electron chi connectivity index (χ4n) is 3.10. The highest BCUT2D eigenvalue weighted by molar-refractivity contribution is 5.27. The van der Waals surface area contributed by atoms with Crippen LogP contribution in [-0.2, 0) is 6.54 Å². The van der Waals surface area contributed by atoms with E-state index in [1.54, 1.807) is 0 Å². The molecule has 3 nitrogen and oxygen atoms in total. The van der Waals surface area contributed by atoms with E-state index < -0.39 is 0 Å². The second-order valence-electron chi connectivity index (χ2n) is 6.15. The van der Waals surface area contributed by atoms with Crippen molar-refractivity contribution in [3.05, 3.63) is 29.8 Å². The summed E-state index contributed by atoms with van der Waals surface area (Å²) in [6.07, 6.45) is 8.33. The maximum Gasteiger partial charge on any atom is 0.119 e. The number of benzene rings is 1. The van der Waals surface area contributed by atoms with Crippen LogP contribution in [0.2, 0.25) is 0 Å². The molecule has 0 unspecified atom stereocenters. The quantitative estimate of drug-likeness (QED) is 0.779. The molecule has 0 aliphatic heterocycles.